The van der Waals surface area contributed by atoms with Gasteiger partial charge in [0.25, 0.3) is 11.6 Å². The van der Waals surface area contributed by atoms with Crippen molar-refractivity contribution in [1.82, 2.24) is 0 Å². The largest absolute Gasteiger partial charge is 0.452 e. The Bertz CT molecular complexity index is 1280. The predicted octanol–water partition coefficient (Wildman–Crippen LogP) is 5.49. The molecule has 0 saturated carbocycles. The van der Waals surface area contributed by atoms with Crippen LogP contribution < -0.4 is 5.01 Å². The van der Waals surface area contributed by atoms with Gasteiger partial charge in [-0.1, -0.05) is 48.0 Å². The fourth-order valence-electron chi connectivity index (χ4n) is 2.85. The number of amides is 1. The number of ether oxygens (including phenoxy) is 1. The third-order valence-electron chi connectivity index (χ3n) is 4.48. The SMILES string of the molecule is O=C(OCC(=O)N(N=Cc1ccccc1)c1cccc(C(F)(F)F)c1)c1cc(Cl)ccc1[N+](=O)[O-]. The maximum absolute atomic E-state index is 13.2. The van der Waals surface area contributed by atoms with E-state index >= 15 is 0 Å². The van der Waals surface area contributed by atoms with Crippen LogP contribution in [0.5, 0.6) is 0 Å². The smallest absolute Gasteiger partial charge is 0.416 e. The van der Waals surface area contributed by atoms with Crippen LogP contribution in [0.4, 0.5) is 24.5 Å². The Balaban J connectivity index is 1.88. The Morgan fingerprint density at radius 1 is 1.06 bits per heavy atom. The van der Waals surface area contributed by atoms with E-state index in [9.17, 15) is 32.9 Å². The summed E-state index contributed by atoms with van der Waals surface area (Å²) in [5.41, 5.74) is -1.79. The maximum atomic E-state index is 13.2. The normalized spacial score (nSPS) is 11.3. The lowest BCUT2D eigenvalue weighted by Crippen LogP contribution is -2.31. The zero-order chi connectivity index (χ0) is 25.6. The van der Waals surface area contributed by atoms with Crippen molar-refractivity contribution in [2.45, 2.75) is 6.18 Å². The zero-order valence-corrected chi connectivity index (χ0v) is 18.4. The standard InChI is InChI=1S/C23H15ClF3N3O5/c24-17-9-10-20(30(33)34)19(12-17)22(32)35-14-21(31)29(28-13-15-5-2-1-3-6-15)18-8-4-7-16(11-18)23(25,26)27/h1-13H,14H2. The number of esters is 1. The number of nitrogens with zero attached hydrogens (tertiary/aromatic N) is 3. The molecule has 3 aromatic rings. The minimum absolute atomic E-state index is 0.0203. The van der Waals surface area contributed by atoms with Gasteiger partial charge in [0.15, 0.2) is 6.61 Å². The van der Waals surface area contributed by atoms with E-state index in [2.05, 4.69) is 5.10 Å². The van der Waals surface area contributed by atoms with Gasteiger partial charge in [-0.05, 0) is 35.9 Å². The summed E-state index contributed by atoms with van der Waals surface area (Å²) in [7, 11) is 0. The Hall–Kier alpha value is -4.25. The molecule has 0 heterocycles. The highest BCUT2D eigenvalue weighted by molar-refractivity contribution is 6.31. The molecule has 0 saturated heterocycles. The fourth-order valence-corrected chi connectivity index (χ4v) is 3.02. The van der Waals surface area contributed by atoms with E-state index in [-0.39, 0.29) is 10.7 Å². The first-order valence-corrected chi connectivity index (χ1v) is 10.1. The topological polar surface area (TPSA) is 102 Å². The number of carbonyl (C=O) groups excluding carboxylic acids is 2. The molecule has 35 heavy (non-hydrogen) atoms. The van der Waals surface area contributed by atoms with Crippen molar-refractivity contribution < 1.29 is 32.4 Å². The molecule has 0 radical (unpaired) electrons. The third-order valence-corrected chi connectivity index (χ3v) is 4.71. The lowest BCUT2D eigenvalue weighted by molar-refractivity contribution is -0.385. The Morgan fingerprint density at radius 3 is 2.43 bits per heavy atom. The first-order valence-electron chi connectivity index (χ1n) is 9.76. The van der Waals surface area contributed by atoms with E-state index in [0.29, 0.717) is 16.6 Å². The van der Waals surface area contributed by atoms with Gasteiger partial charge in [-0.15, -0.1) is 0 Å². The highest BCUT2D eigenvalue weighted by Crippen LogP contribution is 2.32. The average molecular weight is 506 g/mol. The molecule has 0 aliphatic carbocycles. The van der Waals surface area contributed by atoms with E-state index in [4.69, 9.17) is 16.3 Å². The quantitative estimate of drug-likeness (QED) is 0.183. The Kier molecular flexibility index (Phi) is 7.82. The molecule has 180 valence electrons. The first kappa shape index (κ1) is 25.4. The van der Waals surface area contributed by atoms with Crippen LogP contribution >= 0.6 is 11.6 Å². The molecule has 0 spiro atoms. The predicted molar refractivity (Wildman–Crippen MR) is 121 cm³/mol. The van der Waals surface area contributed by atoms with Crippen molar-refractivity contribution >= 4 is 41.1 Å². The van der Waals surface area contributed by atoms with Gasteiger partial charge in [-0.3, -0.25) is 14.9 Å². The van der Waals surface area contributed by atoms with Crippen LogP contribution in [0.25, 0.3) is 0 Å². The molecule has 3 aromatic carbocycles. The maximum Gasteiger partial charge on any atom is 0.416 e. The molecule has 0 unspecified atom stereocenters. The van der Waals surface area contributed by atoms with Gasteiger partial charge in [-0.2, -0.15) is 23.3 Å². The summed E-state index contributed by atoms with van der Waals surface area (Å²) in [6, 6.07) is 15.5. The Labute approximate surface area is 201 Å². The van der Waals surface area contributed by atoms with Crippen molar-refractivity contribution in [3.8, 4) is 0 Å². The molecule has 0 aliphatic heterocycles. The van der Waals surface area contributed by atoms with Crippen molar-refractivity contribution in [3.63, 3.8) is 0 Å². The Morgan fingerprint density at radius 2 is 1.77 bits per heavy atom. The average Bonchev–Trinajstić information content (AvgIpc) is 2.82. The summed E-state index contributed by atoms with van der Waals surface area (Å²) in [6.45, 7) is -0.967. The number of carbonyl (C=O) groups is 2. The lowest BCUT2D eigenvalue weighted by atomic mass is 10.2. The molecular weight excluding hydrogens is 491 g/mol. The van der Waals surface area contributed by atoms with E-state index < -0.39 is 46.4 Å². The number of nitro groups is 1. The number of nitro benzene ring substituents is 1. The van der Waals surface area contributed by atoms with Gasteiger partial charge in [0.1, 0.15) is 5.56 Å². The van der Waals surface area contributed by atoms with E-state index in [0.717, 1.165) is 24.3 Å². The van der Waals surface area contributed by atoms with Crippen molar-refractivity contribution in [3.05, 3.63) is 105 Å². The molecule has 0 fully saturated rings. The van der Waals surface area contributed by atoms with Crippen molar-refractivity contribution in [2.75, 3.05) is 11.6 Å². The van der Waals surface area contributed by atoms with Gasteiger partial charge in [0, 0.05) is 11.1 Å². The van der Waals surface area contributed by atoms with E-state index in [1.54, 1.807) is 30.3 Å². The molecule has 0 N–H and O–H groups in total. The zero-order valence-electron chi connectivity index (χ0n) is 17.6. The van der Waals surface area contributed by atoms with Crippen LogP contribution in [0, 0.1) is 10.1 Å². The fraction of sp³-hybridized carbons (Fsp3) is 0.0870. The van der Waals surface area contributed by atoms with Gasteiger partial charge in [0.2, 0.25) is 0 Å². The molecule has 12 heteroatoms. The minimum Gasteiger partial charge on any atom is -0.452 e. The van der Waals surface area contributed by atoms with Crippen molar-refractivity contribution in [1.29, 1.82) is 0 Å². The molecule has 0 aliphatic rings. The molecule has 0 atom stereocenters. The second-order valence-corrected chi connectivity index (χ2v) is 7.34. The summed E-state index contributed by atoms with van der Waals surface area (Å²) < 4.78 is 44.4. The number of hydrogen-bond acceptors (Lipinski definition) is 6. The highest BCUT2D eigenvalue weighted by atomic mass is 35.5. The molecule has 1 amide bonds. The van der Waals surface area contributed by atoms with Gasteiger partial charge >= 0.3 is 12.1 Å². The molecule has 0 bridgehead atoms. The van der Waals surface area contributed by atoms with Crippen molar-refractivity contribution in [2.24, 2.45) is 5.10 Å². The van der Waals surface area contributed by atoms with Crippen LogP contribution in [0.2, 0.25) is 5.02 Å². The molecule has 0 aromatic heterocycles. The monoisotopic (exact) mass is 505 g/mol. The number of halogens is 4. The van der Waals surface area contributed by atoms with Crippen LogP contribution in [0.1, 0.15) is 21.5 Å². The summed E-state index contributed by atoms with van der Waals surface area (Å²) in [4.78, 5) is 35.6. The van der Waals surface area contributed by atoms with Crippen LogP contribution in [0.15, 0.2) is 77.9 Å². The van der Waals surface area contributed by atoms with Gasteiger partial charge in [-0.25, -0.2) is 4.79 Å². The number of hydrazone groups is 1. The van der Waals surface area contributed by atoms with Gasteiger partial charge < -0.3 is 4.74 Å². The van der Waals surface area contributed by atoms with E-state index in [1.165, 1.54) is 18.3 Å². The summed E-state index contributed by atoms with van der Waals surface area (Å²) in [6.07, 6.45) is -3.44. The molecule has 3 rings (SSSR count). The lowest BCUT2D eigenvalue weighted by Gasteiger charge is -2.18. The summed E-state index contributed by atoms with van der Waals surface area (Å²) in [5, 5.41) is 15.8. The van der Waals surface area contributed by atoms with Crippen LogP contribution in [0.3, 0.4) is 0 Å². The number of rotatable bonds is 7. The minimum atomic E-state index is -4.67. The van der Waals surface area contributed by atoms with Gasteiger partial charge in [0.05, 0.1) is 22.4 Å². The van der Waals surface area contributed by atoms with Crippen LogP contribution in [-0.2, 0) is 15.7 Å². The highest BCUT2D eigenvalue weighted by Gasteiger charge is 2.31. The summed E-state index contributed by atoms with van der Waals surface area (Å²) >= 11 is 5.79. The first-order chi connectivity index (χ1) is 16.6. The number of hydrogen-bond donors (Lipinski definition) is 0. The number of anilines is 1. The van der Waals surface area contributed by atoms with E-state index in [1.807, 2.05) is 0 Å². The number of alkyl halides is 3. The molecular formula is C23H15ClF3N3O5. The number of benzene rings is 3. The second kappa shape index (κ2) is 10.8. The van der Waals surface area contributed by atoms with Crippen LogP contribution in [-0.4, -0.2) is 29.6 Å². The third kappa shape index (κ3) is 6.64. The summed E-state index contributed by atoms with van der Waals surface area (Å²) in [5.74, 6) is -2.22. The second-order valence-electron chi connectivity index (χ2n) is 6.90. The molecule has 8 nitrogen and oxygen atoms in total.